The topological polar surface area (TPSA) is 41.6 Å². The second-order valence-corrected chi connectivity index (χ2v) is 4.87. The summed E-state index contributed by atoms with van der Waals surface area (Å²) in [7, 11) is 0. The maximum absolute atomic E-state index is 11.2. The first-order valence-electron chi connectivity index (χ1n) is 6.74. The predicted octanol–water partition coefficient (Wildman–Crippen LogP) is 1.40. The number of hydrogen-bond acceptors (Lipinski definition) is 3. The number of carbonyl (C=O) groups excluding carboxylic acids is 1. The lowest BCUT2D eigenvalue weighted by molar-refractivity contribution is -0.129. The van der Waals surface area contributed by atoms with Crippen molar-refractivity contribution in [3.05, 3.63) is 0 Å². The van der Waals surface area contributed by atoms with Crippen molar-refractivity contribution in [1.82, 2.24) is 10.2 Å². The van der Waals surface area contributed by atoms with Gasteiger partial charge in [0.15, 0.2) is 0 Å². The summed E-state index contributed by atoms with van der Waals surface area (Å²) in [5.74, 6) is 0.197. The molecular formula is C13H26N2O2. The van der Waals surface area contributed by atoms with Crippen LogP contribution >= 0.6 is 0 Å². The third-order valence-electron chi connectivity index (χ3n) is 3.24. The van der Waals surface area contributed by atoms with Crippen molar-refractivity contribution < 1.29 is 9.53 Å². The van der Waals surface area contributed by atoms with Gasteiger partial charge in [-0.1, -0.05) is 6.92 Å². The van der Waals surface area contributed by atoms with Crippen molar-refractivity contribution in [1.29, 1.82) is 0 Å². The molecule has 100 valence electrons. The monoisotopic (exact) mass is 242 g/mol. The summed E-state index contributed by atoms with van der Waals surface area (Å²) in [5.41, 5.74) is 0. The molecule has 0 aromatic heterocycles. The standard InChI is InChI=1S/C13H26N2O2/c1-4-9-17-11(2)10-14-13-5-7-15(8-6-13)12(3)16/h11,13-14H,4-10H2,1-3H3/t11-/m0/s1. The molecule has 0 radical (unpaired) electrons. The zero-order valence-electron chi connectivity index (χ0n) is 11.4. The number of amides is 1. The van der Waals surface area contributed by atoms with Crippen LogP contribution in [0.5, 0.6) is 0 Å². The third-order valence-corrected chi connectivity index (χ3v) is 3.24. The average Bonchev–Trinajstić information content (AvgIpc) is 2.34. The molecule has 0 aliphatic carbocycles. The van der Waals surface area contributed by atoms with Crippen LogP contribution in [-0.2, 0) is 9.53 Å². The number of piperidine rings is 1. The third kappa shape index (κ3) is 5.50. The molecule has 1 aliphatic rings. The Hall–Kier alpha value is -0.610. The second kappa shape index (κ2) is 7.67. The van der Waals surface area contributed by atoms with Crippen molar-refractivity contribution in [2.45, 2.75) is 52.2 Å². The van der Waals surface area contributed by atoms with Crippen LogP contribution in [-0.4, -0.2) is 49.2 Å². The van der Waals surface area contributed by atoms with E-state index in [4.69, 9.17) is 4.74 Å². The van der Waals surface area contributed by atoms with Gasteiger partial charge < -0.3 is 15.0 Å². The van der Waals surface area contributed by atoms with Crippen molar-refractivity contribution >= 4 is 5.91 Å². The van der Waals surface area contributed by atoms with E-state index >= 15 is 0 Å². The molecule has 0 spiro atoms. The molecule has 1 aliphatic heterocycles. The highest BCUT2D eigenvalue weighted by Crippen LogP contribution is 2.10. The number of nitrogens with one attached hydrogen (secondary N) is 1. The van der Waals surface area contributed by atoms with Gasteiger partial charge in [0, 0.05) is 39.2 Å². The van der Waals surface area contributed by atoms with E-state index < -0.39 is 0 Å². The van der Waals surface area contributed by atoms with Crippen LogP contribution in [0, 0.1) is 0 Å². The highest BCUT2D eigenvalue weighted by atomic mass is 16.5. The largest absolute Gasteiger partial charge is 0.377 e. The molecular weight excluding hydrogens is 216 g/mol. The van der Waals surface area contributed by atoms with E-state index in [9.17, 15) is 4.79 Å². The van der Waals surface area contributed by atoms with Crippen LogP contribution in [0.15, 0.2) is 0 Å². The maximum Gasteiger partial charge on any atom is 0.219 e. The Morgan fingerprint density at radius 3 is 2.65 bits per heavy atom. The lowest BCUT2D eigenvalue weighted by atomic mass is 10.0. The molecule has 1 amide bonds. The minimum absolute atomic E-state index is 0.197. The van der Waals surface area contributed by atoms with Crippen molar-refractivity contribution in [2.24, 2.45) is 0 Å². The molecule has 1 N–H and O–H groups in total. The minimum Gasteiger partial charge on any atom is -0.377 e. The Balaban J connectivity index is 2.11. The molecule has 0 aromatic carbocycles. The van der Waals surface area contributed by atoms with Crippen LogP contribution in [0.3, 0.4) is 0 Å². The summed E-state index contributed by atoms with van der Waals surface area (Å²) in [6.07, 6.45) is 3.46. The molecule has 0 saturated carbocycles. The highest BCUT2D eigenvalue weighted by Gasteiger charge is 2.20. The van der Waals surface area contributed by atoms with Crippen molar-refractivity contribution in [2.75, 3.05) is 26.2 Å². The second-order valence-electron chi connectivity index (χ2n) is 4.87. The number of nitrogens with zero attached hydrogens (tertiary/aromatic N) is 1. The Morgan fingerprint density at radius 2 is 2.12 bits per heavy atom. The predicted molar refractivity (Wildman–Crippen MR) is 69.0 cm³/mol. The molecule has 1 atom stereocenters. The first kappa shape index (κ1) is 14.5. The fraction of sp³-hybridized carbons (Fsp3) is 0.923. The molecule has 4 nitrogen and oxygen atoms in total. The number of carbonyl (C=O) groups is 1. The Morgan fingerprint density at radius 1 is 1.47 bits per heavy atom. The number of rotatable bonds is 6. The van der Waals surface area contributed by atoms with E-state index in [-0.39, 0.29) is 12.0 Å². The minimum atomic E-state index is 0.197. The fourth-order valence-corrected chi connectivity index (χ4v) is 2.11. The summed E-state index contributed by atoms with van der Waals surface area (Å²) in [4.78, 5) is 13.1. The van der Waals surface area contributed by atoms with Gasteiger partial charge >= 0.3 is 0 Å². The van der Waals surface area contributed by atoms with E-state index in [2.05, 4.69) is 19.2 Å². The number of ether oxygens (including phenoxy) is 1. The molecule has 1 heterocycles. The Kier molecular flexibility index (Phi) is 6.52. The van der Waals surface area contributed by atoms with Crippen molar-refractivity contribution in [3.63, 3.8) is 0 Å². The van der Waals surface area contributed by atoms with Crippen LogP contribution in [0.4, 0.5) is 0 Å². The zero-order valence-corrected chi connectivity index (χ0v) is 11.4. The molecule has 1 saturated heterocycles. The molecule has 0 aromatic rings. The zero-order chi connectivity index (χ0) is 12.7. The first-order valence-corrected chi connectivity index (χ1v) is 6.74. The summed E-state index contributed by atoms with van der Waals surface area (Å²) in [6, 6.07) is 0.540. The summed E-state index contributed by atoms with van der Waals surface area (Å²) in [6.45, 7) is 9.39. The van der Waals surface area contributed by atoms with Crippen molar-refractivity contribution in [3.8, 4) is 0 Å². The average molecular weight is 242 g/mol. The van der Waals surface area contributed by atoms with E-state index in [1.165, 1.54) is 0 Å². The normalized spacial score (nSPS) is 19.4. The van der Waals surface area contributed by atoms with E-state index in [1.54, 1.807) is 6.92 Å². The van der Waals surface area contributed by atoms with Crippen LogP contribution < -0.4 is 5.32 Å². The van der Waals surface area contributed by atoms with Gasteiger partial charge in [-0.15, -0.1) is 0 Å². The quantitative estimate of drug-likeness (QED) is 0.765. The summed E-state index contributed by atoms with van der Waals surface area (Å²) in [5, 5.41) is 3.53. The van der Waals surface area contributed by atoms with E-state index in [1.807, 2.05) is 4.90 Å². The van der Waals surface area contributed by atoms with Crippen LogP contribution in [0.2, 0.25) is 0 Å². The molecule has 17 heavy (non-hydrogen) atoms. The molecule has 4 heteroatoms. The van der Waals surface area contributed by atoms with Gasteiger partial charge in [-0.05, 0) is 26.2 Å². The van der Waals surface area contributed by atoms with Gasteiger partial charge in [-0.2, -0.15) is 0 Å². The molecule has 1 rings (SSSR count). The van der Waals surface area contributed by atoms with E-state index in [0.717, 1.165) is 45.5 Å². The van der Waals surface area contributed by atoms with Gasteiger partial charge in [0.2, 0.25) is 5.91 Å². The summed E-state index contributed by atoms with van der Waals surface area (Å²) < 4.78 is 5.61. The van der Waals surface area contributed by atoms with Gasteiger partial charge in [-0.3, -0.25) is 4.79 Å². The first-order chi connectivity index (χ1) is 8.13. The summed E-state index contributed by atoms with van der Waals surface area (Å²) >= 11 is 0. The van der Waals surface area contributed by atoms with Gasteiger partial charge in [-0.25, -0.2) is 0 Å². The maximum atomic E-state index is 11.2. The lowest BCUT2D eigenvalue weighted by Crippen LogP contribution is -2.45. The Labute approximate surface area is 105 Å². The fourth-order valence-electron chi connectivity index (χ4n) is 2.11. The van der Waals surface area contributed by atoms with Gasteiger partial charge in [0.05, 0.1) is 6.10 Å². The lowest BCUT2D eigenvalue weighted by Gasteiger charge is -2.32. The smallest absolute Gasteiger partial charge is 0.219 e. The molecule has 0 bridgehead atoms. The van der Waals surface area contributed by atoms with E-state index in [0.29, 0.717) is 6.04 Å². The van der Waals surface area contributed by atoms with Crippen LogP contribution in [0.1, 0.15) is 40.0 Å². The SMILES string of the molecule is CCCO[C@@H](C)CNC1CCN(C(C)=O)CC1. The highest BCUT2D eigenvalue weighted by molar-refractivity contribution is 5.73. The molecule has 1 fully saturated rings. The van der Waals surface area contributed by atoms with Gasteiger partial charge in [0.1, 0.15) is 0 Å². The number of likely N-dealkylation sites (tertiary alicyclic amines) is 1. The molecule has 0 unspecified atom stereocenters. The van der Waals surface area contributed by atoms with Gasteiger partial charge in [0.25, 0.3) is 0 Å². The van der Waals surface area contributed by atoms with Crippen LogP contribution in [0.25, 0.3) is 0 Å². The Bertz CT molecular complexity index is 225. The number of hydrogen-bond donors (Lipinski definition) is 1.